The molecule has 2 heterocycles. The molecule has 2 N–H and O–H groups in total. The Kier molecular flexibility index (Phi) is 9.43. The van der Waals surface area contributed by atoms with E-state index in [-0.39, 0.29) is 22.1 Å². The van der Waals surface area contributed by atoms with Crippen molar-refractivity contribution < 1.29 is 13.3 Å². The molecule has 0 saturated carbocycles. The normalized spacial score (nSPS) is 13.9. The highest BCUT2D eigenvalue weighted by molar-refractivity contribution is 9.09. The summed E-state index contributed by atoms with van der Waals surface area (Å²) in [5.41, 5.74) is 5.26. The van der Waals surface area contributed by atoms with Crippen LogP contribution in [0.1, 0.15) is 5.56 Å². The van der Waals surface area contributed by atoms with Gasteiger partial charge in [0, 0.05) is 61.7 Å². The standard InChI is InChI=1S/C33H32BrN7O4S/c34-14-15-35-30-13-11-27(21-32(30)41(42)43)46(44,45)38-33-29-12-10-26(20-31(29)36-23-37-33)40-18-16-39(17-19-40)22-25-8-4-5-9-28(25)24-6-2-1-3-7-24/h1-13,20-21,23,35H,14-19,22H2,(H,36,37,38). The number of hydrogen-bond donors (Lipinski definition) is 2. The monoisotopic (exact) mass is 701 g/mol. The Balaban J connectivity index is 1.15. The lowest BCUT2D eigenvalue weighted by Gasteiger charge is -2.36. The third-order valence-corrected chi connectivity index (χ3v) is 9.70. The van der Waals surface area contributed by atoms with Crippen LogP contribution in [0.2, 0.25) is 0 Å². The number of nitro groups is 1. The zero-order chi connectivity index (χ0) is 32.1. The van der Waals surface area contributed by atoms with Crippen molar-refractivity contribution in [2.45, 2.75) is 11.4 Å². The zero-order valence-electron chi connectivity index (χ0n) is 24.8. The van der Waals surface area contributed by atoms with E-state index in [1.54, 1.807) is 6.07 Å². The van der Waals surface area contributed by atoms with Crippen LogP contribution < -0.4 is 14.9 Å². The summed E-state index contributed by atoms with van der Waals surface area (Å²) < 4.78 is 29.1. The number of nitro benzene ring substituents is 1. The minimum absolute atomic E-state index is 0.0996. The molecule has 46 heavy (non-hydrogen) atoms. The highest BCUT2D eigenvalue weighted by Gasteiger charge is 2.24. The maximum absolute atomic E-state index is 13.3. The third-order valence-electron chi connectivity index (χ3n) is 7.97. The fourth-order valence-electron chi connectivity index (χ4n) is 5.63. The Morgan fingerprint density at radius 3 is 2.41 bits per heavy atom. The fourth-order valence-corrected chi connectivity index (χ4v) is 6.88. The van der Waals surface area contributed by atoms with Crippen molar-refractivity contribution >= 4 is 59.7 Å². The highest BCUT2D eigenvalue weighted by atomic mass is 79.9. The maximum Gasteiger partial charge on any atom is 0.293 e. The van der Waals surface area contributed by atoms with Gasteiger partial charge in [-0.25, -0.2) is 18.4 Å². The largest absolute Gasteiger partial charge is 0.379 e. The average molecular weight is 703 g/mol. The number of benzene rings is 4. The molecule has 0 bridgehead atoms. The van der Waals surface area contributed by atoms with Crippen LogP contribution in [0.15, 0.2) is 102 Å². The van der Waals surface area contributed by atoms with Gasteiger partial charge in [-0.15, -0.1) is 0 Å². The smallest absolute Gasteiger partial charge is 0.293 e. The van der Waals surface area contributed by atoms with Crippen molar-refractivity contribution in [3.05, 3.63) is 113 Å². The van der Waals surface area contributed by atoms with Gasteiger partial charge in [-0.05, 0) is 47.0 Å². The summed E-state index contributed by atoms with van der Waals surface area (Å²) in [7, 11) is -4.18. The minimum atomic E-state index is -4.18. The average Bonchev–Trinajstić information content (AvgIpc) is 3.08. The summed E-state index contributed by atoms with van der Waals surface area (Å²) in [5.74, 6) is 0.0996. The lowest BCUT2D eigenvalue weighted by atomic mass is 9.99. The van der Waals surface area contributed by atoms with Crippen molar-refractivity contribution in [1.82, 2.24) is 14.9 Å². The van der Waals surface area contributed by atoms with E-state index >= 15 is 0 Å². The Hall–Kier alpha value is -4.59. The number of rotatable bonds is 11. The van der Waals surface area contributed by atoms with E-state index in [4.69, 9.17) is 0 Å². The number of anilines is 3. The summed E-state index contributed by atoms with van der Waals surface area (Å²) in [6, 6.07) is 28.4. The fraction of sp³-hybridized carbons (Fsp3) is 0.212. The Labute approximate surface area is 275 Å². The minimum Gasteiger partial charge on any atom is -0.379 e. The number of halogens is 1. The van der Waals surface area contributed by atoms with Gasteiger partial charge in [0.05, 0.1) is 15.3 Å². The number of nitrogens with one attached hydrogen (secondary N) is 2. The van der Waals surface area contributed by atoms with Gasteiger partial charge in [-0.3, -0.25) is 19.7 Å². The first-order chi connectivity index (χ1) is 22.3. The molecule has 1 fully saturated rings. The topological polar surface area (TPSA) is 134 Å². The van der Waals surface area contributed by atoms with Crippen LogP contribution in [0, 0.1) is 10.1 Å². The SMILES string of the molecule is O=[N+]([O-])c1cc(S(=O)(=O)Nc2ncnc3cc(N4CCN(Cc5ccccc5-c5ccccc5)CC4)ccc23)ccc1NCCBr. The molecule has 0 atom stereocenters. The zero-order valence-corrected chi connectivity index (χ0v) is 27.2. The molecule has 0 unspecified atom stereocenters. The van der Waals surface area contributed by atoms with Crippen molar-refractivity contribution in [3.8, 4) is 11.1 Å². The van der Waals surface area contributed by atoms with Gasteiger partial charge in [0.15, 0.2) is 5.82 Å². The molecule has 236 valence electrons. The van der Waals surface area contributed by atoms with Crippen LogP contribution in [0.3, 0.4) is 0 Å². The Morgan fingerprint density at radius 2 is 1.65 bits per heavy atom. The molecule has 5 aromatic rings. The third kappa shape index (κ3) is 6.96. The number of aromatic nitrogens is 2. The number of hydrogen-bond acceptors (Lipinski definition) is 9. The molecular formula is C33H32BrN7O4S. The molecule has 1 saturated heterocycles. The van der Waals surface area contributed by atoms with Crippen LogP contribution >= 0.6 is 15.9 Å². The van der Waals surface area contributed by atoms with E-state index in [9.17, 15) is 18.5 Å². The van der Waals surface area contributed by atoms with Gasteiger partial charge < -0.3 is 10.2 Å². The molecule has 0 spiro atoms. The quantitative estimate of drug-likeness (QED) is 0.0947. The van der Waals surface area contributed by atoms with Gasteiger partial charge in [-0.2, -0.15) is 0 Å². The first-order valence-corrected chi connectivity index (χ1v) is 17.4. The molecule has 0 aliphatic carbocycles. The first-order valence-electron chi connectivity index (χ1n) is 14.8. The molecule has 1 aliphatic heterocycles. The van der Waals surface area contributed by atoms with E-state index in [2.05, 4.69) is 94.3 Å². The molecule has 11 nitrogen and oxygen atoms in total. The lowest BCUT2D eigenvalue weighted by Crippen LogP contribution is -2.46. The van der Waals surface area contributed by atoms with Crippen LogP contribution in [0.25, 0.3) is 22.0 Å². The molecular weight excluding hydrogens is 670 g/mol. The molecule has 13 heteroatoms. The second-order valence-electron chi connectivity index (χ2n) is 10.9. The number of piperazine rings is 1. The van der Waals surface area contributed by atoms with Crippen LogP contribution in [0.4, 0.5) is 22.9 Å². The summed E-state index contributed by atoms with van der Waals surface area (Å²) in [6.45, 7) is 4.77. The Morgan fingerprint density at radius 1 is 0.891 bits per heavy atom. The number of alkyl halides is 1. The molecule has 6 rings (SSSR count). The van der Waals surface area contributed by atoms with E-state index in [0.29, 0.717) is 22.8 Å². The summed E-state index contributed by atoms with van der Waals surface area (Å²) >= 11 is 3.27. The van der Waals surface area contributed by atoms with Crippen molar-refractivity contribution in [2.24, 2.45) is 0 Å². The summed E-state index contributed by atoms with van der Waals surface area (Å²) in [5, 5.41) is 15.7. The van der Waals surface area contributed by atoms with Crippen molar-refractivity contribution in [2.75, 3.05) is 53.0 Å². The van der Waals surface area contributed by atoms with Crippen LogP contribution in [-0.4, -0.2) is 66.3 Å². The molecule has 4 aromatic carbocycles. The summed E-state index contributed by atoms with van der Waals surface area (Å²) in [4.78, 5) is 24.1. The first kappa shape index (κ1) is 31.4. The van der Waals surface area contributed by atoms with Gasteiger partial charge >= 0.3 is 0 Å². The highest BCUT2D eigenvalue weighted by Crippen LogP contribution is 2.31. The summed E-state index contributed by atoms with van der Waals surface area (Å²) in [6.07, 6.45) is 1.31. The van der Waals surface area contributed by atoms with E-state index in [0.717, 1.165) is 44.5 Å². The second-order valence-corrected chi connectivity index (χ2v) is 13.3. The molecule has 0 radical (unpaired) electrons. The van der Waals surface area contributed by atoms with Gasteiger partial charge in [0.25, 0.3) is 15.7 Å². The van der Waals surface area contributed by atoms with Crippen molar-refractivity contribution in [3.63, 3.8) is 0 Å². The number of nitrogens with zero attached hydrogens (tertiary/aromatic N) is 5. The molecule has 1 aliphatic rings. The van der Waals surface area contributed by atoms with E-state index in [1.165, 1.54) is 35.2 Å². The van der Waals surface area contributed by atoms with Gasteiger partial charge in [-0.1, -0.05) is 70.5 Å². The van der Waals surface area contributed by atoms with Gasteiger partial charge in [0.1, 0.15) is 12.0 Å². The van der Waals surface area contributed by atoms with Gasteiger partial charge in [0.2, 0.25) is 0 Å². The Bertz CT molecular complexity index is 1970. The predicted octanol–water partition coefficient (Wildman–Crippen LogP) is 6.13. The van der Waals surface area contributed by atoms with Crippen molar-refractivity contribution in [1.29, 1.82) is 0 Å². The van der Waals surface area contributed by atoms with Crippen LogP contribution in [0.5, 0.6) is 0 Å². The molecule has 0 amide bonds. The second kappa shape index (κ2) is 13.8. The van der Waals surface area contributed by atoms with Crippen LogP contribution in [-0.2, 0) is 16.6 Å². The number of sulfonamides is 1. The maximum atomic E-state index is 13.3. The predicted molar refractivity (Wildman–Crippen MR) is 185 cm³/mol. The van der Waals surface area contributed by atoms with E-state index in [1.807, 2.05) is 18.2 Å². The lowest BCUT2D eigenvalue weighted by molar-refractivity contribution is -0.384. The molecule has 1 aromatic heterocycles. The number of fused-ring (bicyclic) bond motifs is 1. The van der Waals surface area contributed by atoms with E-state index < -0.39 is 14.9 Å².